The van der Waals surface area contributed by atoms with Crippen LogP contribution >= 0.6 is 0 Å². The van der Waals surface area contributed by atoms with Crippen LogP contribution in [0.15, 0.2) is 48.5 Å². The maximum Gasteiger partial charge on any atom is 0.335 e. The molecule has 5 nitrogen and oxygen atoms in total. The van der Waals surface area contributed by atoms with Gasteiger partial charge in [0.15, 0.2) is 0 Å². The van der Waals surface area contributed by atoms with Crippen LogP contribution in [0.5, 0.6) is 5.75 Å². The van der Waals surface area contributed by atoms with Crippen molar-refractivity contribution in [3.8, 4) is 5.75 Å². The molecule has 0 radical (unpaired) electrons. The minimum atomic E-state index is -1.05. The first kappa shape index (κ1) is 14.1. The average molecular weight is 297 g/mol. The number of ether oxygens (including phenoxy) is 1. The van der Waals surface area contributed by atoms with E-state index in [4.69, 9.17) is 9.84 Å². The quantitative estimate of drug-likeness (QED) is 0.910. The van der Waals surface area contributed by atoms with Crippen LogP contribution in [0.25, 0.3) is 0 Å². The fourth-order valence-corrected chi connectivity index (χ4v) is 2.48. The molecular formula is C17H15NO4. The zero-order chi connectivity index (χ0) is 15.5. The number of carbonyl (C=O) groups is 2. The molecule has 5 heteroatoms. The summed E-state index contributed by atoms with van der Waals surface area (Å²) in [7, 11) is 0. The van der Waals surface area contributed by atoms with Gasteiger partial charge in [0.2, 0.25) is 0 Å². The molecule has 1 aliphatic rings. The molecule has 0 aromatic heterocycles. The Morgan fingerprint density at radius 2 is 1.86 bits per heavy atom. The summed E-state index contributed by atoms with van der Waals surface area (Å²) in [6.45, 7) is 0.404. The highest BCUT2D eigenvalue weighted by Gasteiger charge is 2.21. The number of fused-ring (bicyclic) bond motifs is 1. The van der Waals surface area contributed by atoms with Gasteiger partial charge in [-0.1, -0.05) is 24.3 Å². The van der Waals surface area contributed by atoms with Crippen molar-refractivity contribution in [3.05, 3.63) is 65.2 Å². The third-order valence-electron chi connectivity index (χ3n) is 3.59. The van der Waals surface area contributed by atoms with E-state index < -0.39 is 5.97 Å². The van der Waals surface area contributed by atoms with Gasteiger partial charge in [0.1, 0.15) is 12.4 Å². The van der Waals surface area contributed by atoms with Gasteiger partial charge in [-0.2, -0.15) is 0 Å². The molecule has 112 valence electrons. The van der Waals surface area contributed by atoms with E-state index in [2.05, 4.69) is 5.32 Å². The number of carbonyl (C=O) groups excluding carboxylic acids is 1. The van der Waals surface area contributed by atoms with E-state index >= 15 is 0 Å². The molecular weight excluding hydrogens is 282 g/mol. The lowest BCUT2D eigenvalue weighted by atomic mass is 10.0. The molecule has 0 unspecified atom stereocenters. The van der Waals surface area contributed by atoms with Crippen LogP contribution in [0, 0.1) is 0 Å². The maximum absolute atomic E-state index is 12.2. The molecule has 0 spiro atoms. The Morgan fingerprint density at radius 3 is 2.68 bits per heavy atom. The van der Waals surface area contributed by atoms with E-state index in [9.17, 15) is 9.59 Å². The van der Waals surface area contributed by atoms with Gasteiger partial charge in [-0.3, -0.25) is 4.79 Å². The highest BCUT2D eigenvalue weighted by molar-refractivity contribution is 5.97. The number of para-hydroxylation sites is 1. The van der Waals surface area contributed by atoms with Crippen LogP contribution in [0.1, 0.15) is 26.3 Å². The molecule has 2 aromatic carbocycles. The average Bonchev–Trinajstić information content (AvgIpc) is 2.55. The van der Waals surface area contributed by atoms with Crippen LogP contribution < -0.4 is 10.1 Å². The third kappa shape index (κ3) is 2.93. The molecule has 0 aliphatic carbocycles. The van der Waals surface area contributed by atoms with Gasteiger partial charge in [-0.25, -0.2) is 4.79 Å². The molecule has 3 rings (SSSR count). The normalized spacial score (nSPS) is 16.3. The van der Waals surface area contributed by atoms with Gasteiger partial charge >= 0.3 is 5.97 Å². The van der Waals surface area contributed by atoms with Gasteiger partial charge in [-0.15, -0.1) is 0 Å². The van der Waals surface area contributed by atoms with Crippen LogP contribution in [0.2, 0.25) is 0 Å². The third-order valence-corrected chi connectivity index (χ3v) is 3.59. The Balaban J connectivity index is 1.70. The van der Waals surface area contributed by atoms with Crippen molar-refractivity contribution in [2.24, 2.45) is 0 Å². The minimum Gasteiger partial charge on any atom is -0.491 e. The molecule has 0 fully saturated rings. The van der Waals surface area contributed by atoms with Gasteiger partial charge in [0.05, 0.1) is 11.6 Å². The van der Waals surface area contributed by atoms with E-state index in [1.54, 1.807) is 12.1 Å². The molecule has 0 saturated heterocycles. The number of rotatable bonds is 3. The molecule has 1 amide bonds. The molecule has 1 aliphatic heterocycles. The number of hydrogen-bond donors (Lipinski definition) is 2. The van der Waals surface area contributed by atoms with Crippen LogP contribution in [-0.4, -0.2) is 29.6 Å². The summed E-state index contributed by atoms with van der Waals surface area (Å²) in [4.78, 5) is 23.2. The van der Waals surface area contributed by atoms with E-state index in [-0.39, 0.29) is 17.5 Å². The summed E-state index contributed by atoms with van der Waals surface area (Å²) >= 11 is 0. The van der Waals surface area contributed by atoms with Crippen molar-refractivity contribution >= 4 is 11.9 Å². The number of aromatic carboxylic acids is 1. The van der Waals surface area contributed by atoms with Crippen molar-refractivity contribution in [1.82, 2.24) is 5.32 Å². The summed E-state index contributed by atoms with van der Waals surface area (Å²) < 4.78 is 5.63. The van der Waals surface area contributed by atoms with E-state index in [0.29, 0.717) is 18.6 Å². The van der Waals surface area contributed by atoms with Crippen molar-refractivity contribution < 1.29 is 19.4 Å². The molecule has 0 saturated carbocycles. The number of amides is 1. The highest BCUT2D eigenvalue weighted by atomic mass is 16.5. The summed E-state index contributed by atoms with van der Waals surface area (Å²) in [6.07, 6.45) is 0.695. The van der Waals surface area contributed by atoms with Crippen molar-refractivity contribution in [2.75, 3.05) is 6.61 Å². The molecule has 0 bridgehead atoms. The minimum absolute atomic E-state index is 0.0953. The largest absolute Gasteiger partial charge is 0.491 e. The van der Waals surface area contributed by atoms with Gasteiger partial charge in [-0.05, 0) is 36.2 Å². The van der Waals surface area contributed by atoms with Crippen molar-refractivity contribution in [3.63, 3.8) is 0 Å². The Hall–Kier alpha value is -2.82. The number of hydrogen-bond acceptors (Lipinski definition) is 3. The fourth-order valence-electron chi connectivity index (χ4n) is 2.48. The molecule has 1 heterocycles. The maximum atomic E-state index is 12.2. The molecule has 2 aromatic rings. The summed E-state index contributed by atoms with van der Waals surface area (Å²) in [5, 5.41) is 11.9. The Kier molecular flexibility index (Phi) is 3.78. The topological polar surface area (TPSA) is 75.6 Å². The summed E-state index contributed by atoms with van der Waals surface area (Å²) in [6, 6.07) is 13.6. The SMILES string of the molecule is O=C(O)c1cccc(C(=O)N[C@@H]2COc3ccccc3C2)c1. The summed E-state index contributed by atoms with van der Waals surface area (Å²) in [5.74, 6) is -0.499. The number of carboxylic acids is 1. The van der Waals surface area contributed by atoms with Gasteiger partial charge < -0.3 is 15.2 Å². The monoisotopic (exact) mass is 297 g/mol. The van der Waals surface area contributed by atoms with E-state index in [0.717, 1.165) is 11.3 Å². The second kappa shape index (κ2) is 5.89. The summed E-state index contributed by atoms with van der Waals surface area (Å²) in [5.41, 5.74) is 1.48. The number of carboxylic acid groups (broad SMARTS) is 1. The zero-order valence-corrected chi connectivity index (χ0v) is 11.8. The van der Waals surface area contributed by atoms with Crippen molar-refractivity contribution in [1.29, 1.82) is 0 Å². The highest BCUT2D eigenvalue weighted by Crippen LogP contribution is 2.24. The lowest BCUT2D eigenvalue weighted by Crippen LogP contribution is -2.42. The van der Waals surface area contributed by atoms with Gasteiger partial charge in [0, 0.05) is 5.56 Å². The lowest BCUT2D eigenvalue weighted by molar-refractivity contribution is 0.0697. The van der Waals surface area contributed by atoms with Crippen molar-refractivity contribution in [2.45, 2.75) is 12.5 Å². The standard InChI is InChI=1S/C17H15NO4/c19-16(12-5-3-6-13(8-12)17(20)21)18-14-9-11-4-1-2-7-15(11)22-10-14/h1-8,14H,9-10H2,(H,18,19)(H,20,21)/t14-/m0/s1. The molecule has 22 heavy (non-hydrogen) atoms. The van der Waals surface area contributed by atoms with E-state index in [1.165, 1.54) is 12.1 Å². The van der Waals surface area contributed by atoms with Gasteiger partial charge in [0.25, 0.3) is 5.91 Å². The Morgan fingerprint density at radius 1 is 1.09 bits per heavy atom. The van der Waals surface area contributed by atoms with Crippen LogP contribution in [0.3, 0.4) is 0 Å². The van der Waals surface area contributed by atoms with E-state index in [1.807, 2.05) is 24.3 Å². The molecule has 2 N–H and O–H groups in total. The Labute approximate surface area is 127 Å². The first-order valence-corrected chi connectivity index (χ1v) is 6.98. The molecule has 1 atom stereocenters. The fraction of sp³-hybridized carbons (Fsp3) is 0.176. The first-order chi connectivity index (χ1) is 10.6. The first-order valence-electron chi connectivity index (χ1n) is 6.98. The zero-order valence-electron chi connectivity index (χ0n) is 11.8. The second-order valence-corrected chi connectivity index (χ2v) is 5.18. The predicted molar refractivity (Wildman–Crippen MR) is 80.3 cm³/mol. The van der Waals surface area contributed by atoms with Crippen LogP contribution in [0.4, 0.5) is 0 Å². The Bertz CT molecular complexity index is 726. The smallest absolute Gasteiger partial charge is 0.335 e. The number of nitrogens with one attached hydrogen (secondary N) is 1. The second-order valence-electron chi connectivity index (χ2n) is 5.18. The van der Waals surface area contributed by atoms with Crippen LogP contribution in [-0.2, 0) is 6.42 Å². The lowest BCUT2D eigenvalue weighted by Gasteiger charge is -2.26. The predicted octanol–water partition coefficient (Wildman–Crippen LogP) is 2.12. The number of benzene rings is 2.